The summed E-state index contributed by atoms with van der Waals surface area (Å²) >= 11 is 0. The molecule has 0 amide bonds. The van der Waals surface area contributed by atoms with Gasteiger partial charge in [0.05, 0.1) is 21.3 Å². The van der Waals surface area contributed by atoms with Crippen molar-refractivity contribution in [1.29, 1.82) is 0 Å². The summed E-state index contributed by atoms with van der Waals surface area (Å²) in [4.78, 5) is 4.71. The van der Waals surface area contributed by atoms with Crippen LogP contribution in [0.15, 0.2) is 60.7 Å². The first kappa shape index (κ1) is 29.4. The highest BCUT2D eigenvalue weighted by Crippen LogP contribution is 2.51. The molecule has 8 heteroatoms. The molecule has 7 nitrogen and oxygen atoms in total. The molecule has 6 bridgehead atoms. The van der Waals surface area contributed by atoms with Gasteiger partial charge < -0.3 is 23.7 Å². The van der Waals surface area contributed by atoms with Crippen LogP contribution in [0.25, 0.3) is 0 Å². The van der Waals surface area contributed by atoms with Crippen molar-refractivity contribution in [3.05, 3.63) is 99.9 Å². The van der Waals surface area contributed by atoms with Gasteiger partial charge in [0.15, 0.2) is 34.6 Å². The van der Waals surface area contributed by atoms with Crippen LogP contribution in [0.2, 0.25) is 0 Å². The van der Waals surface area contributed by atoms with Gasteiger partial charge in [-0.1, -0.05) is 18.2 Å². The van der Waals surface area contributed by atoms with Crippen molar-refractivity contribution in [2.24, 2.45) is 0 Å². The molecule has 0 saturated carbocycles. The van der Waals surface area contributed by atoms with Crippen LogP contribution < -0.4 is 23.7 Å². The molecule has 0 aliphatic carbocycles. The van der Waals surface area contributed by atoms with E-state index in [0.717, 1.165) is 54.6 Å². The fourth-order valence-corrected chi connectivity index (χ4v) is 7.10. The van der Waals surface area contributed by atoms with Gasteiger partial charge in [-0.25, -0.2) is 4.39 Å². The molecular formula is C37H39FN2O5. The van der Waals surface area contributed by atoms with E-state index in [4.69, 9.17) is 23.7 Å². The number of hydrogen-bond acceptors (Lipinski definition) is 7. The molecule has 0 fully saturated rings. The second-order valence-corrected chi connectivity index (χ2v) is 12.2. The Kier molecular flexibility index (Phi) is 7.79. The Balaban J connectivity index is 1.47. The first-order valence-electron chi connectivity index (χ1n) is 15.5. The minimum absolute atomic E-state index is 0.0810. The lowest BCUT2D eigenvalue weighted by Crippen LogP contribution is -2.34. The number of fused-ring (bicyclic) bond motifs is 2. The van der Waals surface area contributed by atoms with Gasteiger partial charge >= 0.3 is 0 Å². The lowest BCUT2D eigenvalue weighted by Gasteiger charge is -2.37. The number of benzene rings is 4. The van der Waals surface area contributed by atoms with E-state index < -0.39 is 5.82 Å². The maximum atomic E-state index is 15.1. The van der Waals surface area contributed by atoms with E-state index in [-0.39, 0.29) is 17.8 Å². The van der Waals surface area contributed by atoms with Crippen molar-refractivity contribution >= 4 is 0 Å². The first-order chi connectivity index (χ1) is 21.9. The molecule has 2 atom stereocenters. The third kappa shape index (κ3) is 5.36. The van der Waals surface area contributed by atoms with E-state index in [1.54, 1.807) is 27.4 Å². The monoisotopic (exact) mass is 610 g/mol. The van der Waals surface area contributed by atoms with Gasteiger partial charge in [0.2, 0.25) is 5.75 Å². The normalized spacial score (nSPS) is 19.4. The number of rotatable bonds is 3. The van der Waals surface area contributed by atoms with Crippen LogP contribution in [-0.4, -0.2) is 58.3 Å². The summed E-state index contributed by atoms with van der Waals surface area (Å²) in [6, 6.07) is 19.5. The zero-order valence-electron chi connectivity index (χ0n) is 26.5. The van der Waals surface area contributed by atoms with Crippen LogP contribution in [-0.2, 0) is 25.7 Å². The molecule has 4 heterocycles. The fraction of sp³-hybridized carbons (Fsp3) is 0.351. The number of likely N-dealkylation sites (N-methyl/N-ethyl adjacent to an activating group) is 2. The minimum atomic E-state index is -0.396. The molecule has 0 unspecified atom stereocenters. The molecule has 0 N–H and O–H groups in total. The summed E-state index contributed by atoms with van der Waals surface area (Å²) in [7, 11) is 9.25. The van der Waals surface area contributed by atoms with Crippen molar-refractivity contribution in [2.45, 2.75) is 37.8 Å². The molecule has 0 radical (unpaired) electrons. The third-order valence-electron chi connectivity index (χ3n) is 9.62. The third-order valence-corrected chi connectivity index (χ3v) is 9.62. The molecule has 4 aromatic carbocycles. The van der Waals surface area contributed by atoms with Crippen molar-refractivity contribution in [3.63, 3.8) is 0 Å². The lowest BCUT2D eigenvalue weighted by molar-refractivity contribution is 0.220. The van der Waals surface area contributed by atoms with Crippen molar-refractivity contribution < 1.29 is 28.1 Å². The highest BCUT2D eigenvalue weighted by Gasteiger charge is 2.34. The Morgan fingerprint density at radius 2 is 1.36 bits per heavy atom. The van der Waals surface area contributed by atoms with Crippen LogP contribution in [0.1, 0.15) is 45.5 Å². The average molecular weight is 611 g/mol. The second kappa shape index (κ2) is 11.9. The van der Waals surface area contributed by atoms with Gasteiger partial charge in [-0.2, -0.15) is 0 Å². The Bertz CT molecular complexity index is 1740. The molecule has 234 valence electrons. The number of nitrogens with zero attached hydrogens (tertiary/aromatic N) is 2. The van der Waals surface area contributed by atoms with Gasteiger partial charge in [-0.05, 0) is 110 Å². The van der Waals surface area contributed by atoms with Crippen molar-refractivity contribution in [3.8, 4) is 40.2 Å². The molecule has 45 heavy (non-hydrogen) atoms. The van der Waals surface area contributed by atoms with E-state index in [2.05, 4.69) is 54.2 Å². The number of ether oxygens (including phenoxy) is 5. The Labute approximate surface area is 264 Å². The first-order valence-corrected chi connectivity index (χ1v) is 15.5. The number of methoxy groups -OCH3 is 3. The molecule has 0 saturated heterocycles. The maximum Gasteiger partial charge on any atom is 0.204 e. The van der Waals surface area contributed by atoms with E-state index in [1.807, 2.05) is 18.2 Å². The highest BCUT2D eigenvalue weighted by atomic mass is 19.1. The Morgan fingerprint density at radius 1 is 0.689 bits per heavy atom. The minimum Gasteiger partial charge on any atom is -0.493 e. The van der Waals surface area contributed by atoms with Crippen LogP contribution in [0.3, 0.4) is 0 Å². The molecule has 0 aromatic heterocycles. The number of halogens is 1. The molecule has 4 aliphatic rings. The Hall–Kier alpha value is -4.27. The van der Waals surface area contributed by atoms with Crippen molar-refractivity contribution in [1.82, 2.24) is 9.80 Å². The zero-order chi connectivity index (χ0) is 31.2. The lowest BCUT2D eigenvalue weighted by atomic mass is 9.87. The fourth-order valence-electron chi connectivity index (χ4n) is 7.10. The van der Waals surface area contributed by atoms with Gasteiger partial charge in [-0.3, -0.25) is 9.80 Å². The Morgan fingerprint density at radius 3 is 2.09 bits per heavy atom. The predicted octanol–water partition coefficient (Wildman–Crippen LogP) is 7.29. The molecule has 8 rings (SSSR count). The SMILES string of the molecule is COc1cc2c3cc1Oc1c(OC)c(OC)cc4c1[C@@H](Cc1ccc(F)c(c1)Oc1ccc(cc1)C[C@@H]3N(C)CC2)N(C)CC4. The topological polar surface area (TPSA) is 52.6 Å². The summed E-state index contributed by atoms with van der Waals surface area (Å²) < 4.78 is 45.9. The van der Waals surface area contributed by atoms with Crippen LogP contribution >= 0.6 is 0 Å². The van der Waals surface area contributed by atoms with E-state index in [0.29, 0.717) is 40.9 Å². The van der Waals surface area contributed by atoms with E-state index in [9.17, 15) is 0 Å². The van der Waals surface area contributed by atoms with Crippen LogP contribution in [0.5, 0.6) is 40.2 Å². The van der Waals surface area contributed by atoms with Gasteiger partial charge in [-0.15, -0.1) is 0 Å². The van der Waals surface area contributed by atoms with Crippen molar-refractivity contribution in [2.75, 3.05) is 48.5 Å². The largest absolute Gasteiger partial charge is 0.493 e. The molecule has 4 aromatic rings. The van der Waals surface area contributed by atoms with Gasteiger partial charge in [0.1, 0.15) is 5.75 Å². The molecule has 0 spiro atoms. The predicted molar refractivity (Wildman–Crippen MR) is 171 cm³/mol. The number of hydrogen-bond donors (Lipinski definition) is 0. The van der Waals surface area contributed by atoms with E-state index in [1.165, 1.54) is 17.2 Å². The average Bonchev–Trinajstić information content (AvgIpc) is 3.05. The summed E-state index contributed by atoms with van der Waals surface area (Å²) in [6.45, 7) is 1.78. The summed E-state index contributed by atoms with van der Waals surface area (Å²) in [5, 5.41) is 0. The van der Waals surface area contributed by atoms with Crippen LogP contribution in [0.4, 0.5) is 4.39 Å². The standard InChI is InChI=1S/C37H39FN2O5/c1-39-14-12-24-19-32(41-3)33-21-27(24)29(39)16-22-6-9-26(10-7-22)44-31-18-23(8-11-28(31)38)17-30-35-25(13-15-40(30)2)20-34(42-4)36(43-5)37(35)45-33/h6-11,18-21,29-30H,12-17H2,1-5H3/t29-,30+/m0/s1. The summed E-state index contributed by atoms with van der Waals surface area (Å²) in [5.74, 6) is 3.48. The zero-order valence-corrected chi connectivity index (χ0v) is 26.5. The van der Waals surface area contributed by atoms with E-state index >= 15 is 4.39 Å². The summed E-state index contributed by atoms with van der Waals surface area (Å²) in [5.41, 5.74) is 6.73. The van der Waals surface area contributed by atoms with Crippen LogP contribution in [0, 0.1) is 5.82 Å². The molecular weight excluding hydrogens is 571 g/mol. The quantitative estimate of drug-likeness (QED) is 0.241. The highest BCUT2D eigenvalue weighted by molar-refractivity contribution is 5.63. The smallest absolute Gasteiger partial charge is 0.204 e. The second-order valence-electron chi connectivity index (χ2n) is 12.2. The maximum absolute atomic E-state index is 15.1. The van der Waals surface area contributed by atoms with Gasteiger partial charge in [0.25, 0.3) is 0 Å². The summed E-state index contributed by atoms with van der Waals surface area (Å²) in [6.07, 6.45) is 3.14. The van der Waals surface area contributed by atoms with Gasteiger partial charge in [0, 0.05) is 30.7 Å². The molecule has 4 aliphatic heterocycles.